The smallest absolute Gasteiger partial charge is 0.338 e. The van der Waals surface area contributed by atoms with Gasteiger partial charge in [0.1, 0.15) is 24.7 Å². The highest BCUT2D eigenvalue weighted by atomic mass is 16.5. The first kappa shape index (κ1) is 23.8. The highest BCUT2D eigenvalue weighted by Crippen LogP contribution is 2.15. The lowest BCUT2D eigenvalue weighted by Crippen LogP contribution is -2.09. The Morgan fingerprint density at radius 1 is 0.667 bits per heavy atom. The van der Waals surface area contributed by atoms with Gasteiger partial charge in [-0.05, 0) is 54.8 Å². The second-order valence-electron chi connectivity index (χ2n) is 7.52. The summed E-state index contributed by atoms with van der Waals surface area (Å²) in [6.45, 7) is 5.78. The summed E-state index contributed by atoms with van der Waals surface area (Å²) in [5.41, 5.74) is 1.88. The molecule has 0 N–H and O–H groups in total. The average Bonchev–Trinajstić information content (AvgIpc) is 2.77. The molecule has 0 aliphatic heterocycles. The first-order valence-corrected chi connectivity index (χ1v) is 11.3. The van der Waals surface area contributed by atoms with Crippen molar-refractivity contribution in [2.24, 2.45) is 0 Å². The van der Waals surface area contributed by atoms with Crippen LogP contribution in [0, 0.1) is 0 Å². The van der Waals surface area contributed by atoms with Crippen LogP contribution in [0.3, 0.4) is 0 Å². The third-order valence-corrected chi connectivity index (χ3v) is 4.90. The lowest BCUT2D eigenvalue weighted by atomic mass is 10.1. The van der Waals surface area contributed by atoms with E-state index in [4.69, 9.17) is 14.2 Å². The van der Waals surface area contributed by atoms with E-state index in [0.29, 0.717) is 31.1 Å². The van der Waals surface area contributed by atoms with Crippen LogP contribution in [0.25, 0.3) is 0 Å². The molecule has 0 aliphatic carbocycles. The molecule has 0 amide bonds. The molecular formula is C26H36O4. The molecule has 164 valence electrons. The van der Waals surface area contributed by atoms with Crippen molar-refractivity contribution in [2.75, 3.05) is 19.8 Å². The van der Waals surface area contributed by atoms with Gasteiger partial charge in [0, 0.05) is 0 Å². The predicted octanol–water partition coefficient (Wildman–Crippen LogP) is 6.61. The Balaban J connectivity index is 1.61. The van der Waals surface area contributed by atoms with Crippen LogP contribution in [-0.4, -0.2) is 25.8 Å². The van der Waals surface area contributed by atoms with Crippen LogP contribution in [0.5, 0.6) is 11.5 Å². The second kappa shape index (κ2) is 14.5. The predicted molar refractivity (Wildman–Crippen MR) is 122 cm³/mol. The van der Waals surface area contributed by atoms with Gasteiger partial charge in [0.05, 0.1) is 12.2 Å². The first-order valence-electron chi connectivity index (χ1n) is 11.3. The monoisotopic (exact) mass is 412 g/mol. The van der Waals surface area contributed by atoms with Crippen molar-refractivity contribution in [2.45, 2.75) is 65.2 Å². The number of unbranched alkanes of at least 4 members (excludes halogenated alkanes) is 5. The summed E-state index contributed by atoms with van der Waals surface area (Å²) in [5.74, 6) is 1.29. The number of carbonyl (C=O) groups excluding carboxylic acids is 1. The third kappa shape index (κ3) is 9.34. The van der Waals surface area contributed by atoms with Gasteiger partial charge in [0.2, 0.25) is 0 Å². The second-order valence-corrected chi connectivity index (χ2v) is 7.52. The number of hydrogen-bond donors (Lipinski definition) is 0. The zero-order valence-corrected chi connectivity index (χ0v) is 18.5. The Labute approximate surface area is 181 Å². The van der Waals surface area contributed by atoms with Gasteiger partial charge in [-0.15, -0.1) is 0 Å². The summed E-state index contributed by atoms with van der Waals surface area (Å²) in [5, 5.41) is 0. The fourth-order valence-electron chi connectivity index (χ4n) is 3.18. The van der Waals surface area contributed by atoms with E-state index < -0.39 is 0 Å². The van der Waals surface area contributed by atoms with E-state index in [1.807, 2.05) is 12.1 Å². The number of hydrogen-bond acceptors (Lipinski definition) is 4. The van der Waals surface area contributed by atoms with Crippen LogP contribution >= 0.6 is 0 Å². The minimum atomic E-state index is -0.273. The zero-order valence-electron chi connectivity index (χ0n) is 18.5. The first-order chi connectivity index (χ1) is 14.7. The van der Waals surface area contributed by atoms with Crippen LogP contribution in [-0.2, 0) is 11.2 Å². The van der Waals surface area contributed by atoms with Crippen LogP contribution in [0.2, 0.25) is 0 Å². The molecule has 0 spiro atoms. The molecule has 0 bridgehead atoms. The average molecular weight is 413 g/mol. The molecule has 0 saturated heterocycles. The summed E-state index contributed by atoms with van der Waals surface area (Å²) in [6.07, 6.45) is 9.28. The van der Waals surface area contributed by atoms with Gasteiger partial charge in [-0.3, -0.25) is 0 Å². The molecule has 0 heterocycles. The van der Waals surface area contributed by atoms with Crippen LogP contribution in [0.4, 0.5) is 0 Å². The summed E-state index contributed by atoms with van der Waals surface area (Å²) < 4.78 is 16.7. The lowest BCUT2D eigenvalue weighted by Gasteiger charge is -2.10. The lowest BCUT2D eigenvalue weighted by molar-refractivity contribution is 0.0497. The van der Waals surface area contributed by atoms with E-state index in [0.717, 1.165) is 31.4 Å². The molecular weight excluding hydrogens is 376 g/mol. The number of esters is 1. The fourth-order valence-corrected chi connectivity index (χ4v) is 3.18. The maximum Gasteiger partial charge on any atom is 0.338 e. The minimum Gasteiger partial charge on any atom is -0.490 e. The van der Waals surface area contributed by atoms with Crippen molar-refractivity contribution in [1.29, 1.82) is 0 Å². The van der Waals surface area contributed by atoms with Crippen LogP contribution < -0.4 is 9.47 Å². The van der Waals surface area contributed by atoms with Gasteiger partial charge < -0.3 is 14.2 Å². The Morgan fingerprint density at radius 3 is 1.83 bits per heavy atom. The number of benzene rings is 2. The van der Waals surface area contributed by atoms with Gasteiger partial charge in [-0.25, -0.2) is 4.79 Å². The van der Waals surface area contributed by atoms with Crippen LogP contribution in [0.1, 0.15) is 74.7 Å². The topological polar surface area (TPSA) is 44.8 Å². The van der Waals surface area contributed by atoms with Crippen molar-refractivity contribution in [3.63, 3.8) is 0 Å². The standard InChI is InChI=1S/C26H36O4/c1-3-5-6-7-8-9-19-30-26(27)23-13-17-25(18-14-23)29-21-20-28-24-15-11-22(10-4-2)12-16-24/h11-18H,3-10,19-21H2,1-2H3. The number of aryl methyl sites for hydroxylation is 1. The van der Waals surface area contributed by atoms with Gasteiger partial charge >= 0.3 is 5.97 Å². The quantitative estimate of drug-likeness (QED) is 0.244. The number of carbonyl (C=O) groups is 1. The molecule has 2 rings (SSSR count). The molecule has 2 aromatic carbocycles. The van der Waals surface area contributed by atoms with Crippen LogP contribution in [0.15, 0.2) is 48.5 Å². The van der Waals surface area contributed by atoms with E-state index in [1.165, 1.54) is 31.2 Å². The Hall–Kier alpha value is -2.49. The maximum atomic E-state index is 12.1. The van der Waals surface area contributed by atoms with Crippen molar-refractivity contribution in [3.8, 4) is 11.5 Å². The third-order valence-electron chi connectivity index (χ3n) is 4.90. The molecule has 0 unspecified atom stereocenters. The Bertz CT molecular complexity index is 707. The largest absolute Gasteiger partial charge is 0.490 e. The van der Waals surface area contributed by atoms with Gasteiger partial charge in [0.25, 0.3) is 0 Å². The highest BCUT2D eigenvalue weighted by Gasteiger charge is 2.07. The van der Waals surface area contributed by atoms with E-state index in [-0.39, 0.29) is 5.97 Å². The summed E-state index contributed by atoms with van der Waals surface area (Å²) >= 11 is 0. The molecule has 0 aromatic heterocycles. The Morgan fingerprint density at radius 2 is 1.23 bits per heavy atom. The van der Waals surface area contributed by atoms with Crippen molar-refractivity contribution in [3.05, 3.63) is 59.7 Å². The van der Waals surface area contributed by atoms with E-state index in [2.05, 4.69) is 26.0 Å². The number of rotatable bonds is 15. The summed E-state index contributed by atoms with van der Waals surface area (Å²) in [4.78, 5) is 12.1. The zero-order chi connectivity index (χ0) is 21.4. The SMILES string of the molecule is CCCCCCCCOC(=O)c1ccc(OCCOc2ccc(CCC)cc2)cc1. The Kier molecular flexibility index (Phi) is 11.5. The van der Waals surface area contributed by atoms with E-state index >= 15 is 0 Å². The van der Waals surface area contributed by atoms with Crippen molar-refractivity contribution in [1.82, 2.24) is 0 Å². The molecule has 4 nitrogen and oxygen atoms in total. The van der Waals surface area contributed by atoms with Gasteiger partial charge in [-0.2, -0.15) is 0 Å². The van der Waals surface area contributed by atoms with Gasteiger partial charge in [0.15, 0.2) is 0 Å². The van der Waals surface area contributed by atoms with E-state index in [9.17, 15) is 4.79 Å². The van der Waals surface area contributed by atoms with Crippen molar-refractivity contribution < 1.29 is 19.0 Å². The molecule has 2 aromatic rings. The molecule has 0 atom stereocenters. The molecule has 0 aliphatic rings. The summed E-state index contributed by atoms with van der Waals surface area (Å²) in [6, 6.07) is 15.3. The normalized spacial score (nSPS) is 10.6. The van der Waals surface area contributed by atoms with E-state index in [1.54, 1.807) is 24.3 Å². The molecule has 4 heteroatoms. The highest BCUT2D eigenvalue weighted by molar-refractivity contribution is 5.89. The maximum absolute atomic E-state index is 12.1. The summed E-state index contributed by atoms with van der Waals surface area (Å²) in [7, 11) is 0. The number of ether oxygens (including phenoxy) is 3. The molecule has 0 saturated carbocycles. The molecule has 30 heavy (non-hydrogen) atoms. The molecule has 0 fully saturated rings. The minimum absolute atomic E-state index is 0.273. The molecule has 0 radical (unpaired) electrons. The fraction of sp³-hybridized carbons (Fsp3) is 0.500. The van der Waals surface area contributed by atoms with Crippen molar-refractivity contribution >= 4 is 5.97 Å². The van der Waals surface area contributed by atoms with Gasteiger partial charge in [-0.1, -0.05) is 64.5 Å².